The lowest BCUT2D eigenvalue weighted by Crippen LogP contribution is -2.38. The molecule has 0 spiro atoms. The Morgan fingerprint density at radius 3 is 2.59 bits per heavy atom. The minimum absolute atomic E-state index is 0.307. The van der Waals surface area contributed by atoms with Gasteiger partial charge in [0.05, 0.1) is 12.3 Å². The van der Waals surface area contributed by atoms with Crippen LogP contribution >= 0.6 is 0 Å². The third kappa shape index (κ3) is 2.33. The molecule has 3 heterocycles. The van der Waals surface area contributed by atoms with Crippen LogP contribution in [-0.2, 0) is 13.6 Å². The van der Waals surface area contributed by atoms with Crippen molar-refractivity contribution in [2.45, 2.75) is 27.3 Å². The molecule has 0 saturated heterocycles. The number of benzene rings is 1. The molecule has 0 bridgehead atoms. The first kappa shape index (κ1) is 17.1. The number of fused-ring (bicyclic) bond motifs is 3. The Labute approximate surface area is 154 Å². The Morgan fingerprint density at radius 2 is 1.89 bits per heavy atom. The Bertz CT molecular complexity index is 1290. The molecule has 8 heteroatoms. The first-order valence-corrected chi connectivity index (χ1v) is 8.91. The van der Waals surface area contributed by atoms with Crippen molar-refractivity contribution in [2.75, 3.05) is 6.61 Å². The maximum absolute atomic E-state index is 12.9. The second-order valence-electron chi connectivity index (χ2n) is 6.35. The van der Waals surface area contributed by atoms with Crippen LogP contribution < -0.4 is 16.0 Å². The fraction of sp³-hybridized carbons (Fsp3) is 0.316. The monoisotopic (exact) mass is 367 g/mol. The number of para-hydroxylation sites is 2. The van der Waals surface area contributed by atoms with Crippen molar-refractivity contribution in [1.29, 1.82) is 0 Å². The molecule has 1 aromatic carbocycles. The Morgan fingerprint density at radius 1 is 1.15 bits per heavy atom. The molecule has 3 aromatic heterocycles. The van der Waals surface area contributed by atoms with Gasteiger partial charge in [-0.3, -0.25) is 22.9 Å². The third-order valence-electron chi connectivity index (χ3n) is 4.75. The molecule has 0 saturated carbocycles. The van der Waals surface area contributed by atoms with Crippen LogP contribution in [0, 0.1) is 6.92 Å². The topological polar surface area (TPSA) is 75.5 Å². The lowest BCUT2D eigenvalue weighted by molar-refractivity contribution is 0.339. The van der Waals surface area contributed by atoms with Crippen LogP contribution in [0.25, 0.3) is 22.6 Å². The van der Waals surface area contributed by atoms with Gasteiger partial charge in [0.25, 0.3) is 5.56 Å². The summed E-state index contributed by atoms with van der Waals surface area (Å²) in [4.78, 5) is 30.0. The summed E-state index contributed by atoms with van der Waals surface area (Å²) < 4.78 is 12.1. The summed E-state index contributed by atoms with van der Waals surface area (Å²) >= 11 is 0. The SMILES string of the molecule is CCOc1ccccc1-n1c(C)cn2c3c(=O)n(CC)c(=O)n(C)c3nc12. The molecule has 0 radical (unpaired) electrons. The number of hydrogen-bond donors (Lipinski definition) is 0. The van der Waals surface area contributed by atoms with E-state index in [0.717, 1.165) is 17.1 Å². The molecule has 0 unspecified atom stereocenters. The van der Waals surface area contributed by atoms with E-state index in [2.05, 4.69) is 4.98 Å². The second-order valence-corrected chi connectivity index (χ2v) is 6.35. The fourth-order valence-corrected chi connectivity index (χ4v) is 3.51. The molecule has 27 heavy (non-hydrogen) atoms. The molecule has 0 amide bonds. The van der Waals surface area contributed by atoms with Crippen LogP contribution in [0.2, 0.25) is 0 Å². The Kier molecular flexibility index (Phi) is 3.91. The average Bonchev–Trinajstić information content (AvgIpc) is 3.16. The molecular formula is C19H21N5O3. The van der Waals surface area contributed by atoms with Gasteiger partial charge >= 0.3 is 5.69 Å². The molecule has 0 atom stereocenters. The van der Waals surface area contributed by atoms with E-state index in [9.17, 15) is 9.59 Å². The predicted octanol–water partition coefficient (Wildman–Crippen LogP) is 1.87. The van der Waals surface area contributed by atoms with Crippen molar-refractivity contribution in [1.82, 2.24) is 23.1 Å². The van der Waals surface area contributed by atoms with Crippen molar-refractivity contribution in [3.8, 4) is 11.4 Å². The second kappa shape index (κ2) is 6.15. The van der Waals surface area contributed by atoms with Crippen molar-refractivity contribution in [3.05, 3.63) is 57.0 Å². The van der Waals surface area contributed by atoms with Gasteiger partial charge < -0.3 is 4.74 Å². The molecular weight excluding hydrogens is 346 g/mol. The smallest absolute Gasteiger partial charge is 0.332 e. The summed E-state index contributed by atoms with van der Waals surface area (Å²) in [5.41, 5.74) is 1.80. The highest BCUT2D eigenvalue weighted by molar-refractivity contribution is 5.76. The maximum Gasteiger partial charge on any atom is 0.332 e. The molecule has 140 valence electrons. The molecule has 0 aliphatic heterocycles. The fourth-order valence-electron chi connectivity index (χ4n) is 3.51. The van der Waals surface area contributed by atoms with Crippen molar-refractivity contribution in [2.24, 2.45) is 7.05 Å². The van der Waals surface area contributed by atoms with E-state index in [-0.39, 0.29) is 11.2 Å². The molecule has 4 rings (SSSR count). The Hall–Kier alpha value is -3.29. The number of aryl methyl sites for hydroxylation is 2. The summed E-state index contributed by atoms with van der Waals surface area (Å²) in [6, 6.07) is 7.68. The number of hydrogen-bond acceptors (Lipinski definition) is 4. The van der Waals surface area contributed by atoms with Gasteiger partial charge in [-0.2, -0.15) is 4.98 Å². The van der Waals surface area contributed by atoms with Gasteiger partial charge in [-0.1, -0.05) is 12.1 Å². The number of nitrogens with zero attached hydrogens (tertiary/aromatic N) is 5. The zero-order chi connectivity index (χ0) is 19.3. The average molecular weight is 367 g/mol. The first-order valence-electron chi connectivity index (χ1n) is 8.91. The molecule has 0 aliphatic rings. The van der Waals surface area contributed by atoms with Gasteiger partial charge in [0, 0.05) is 25.5 Å². The number of rotatable bonds is 4. The lowest BCUT2D eigenvalue weighted by Gasteiger charge is -2.12. The molecule has 0 N–H and O–H groups in total. The van der Waals surface area contributed by atoms with Crippen LogP contribution in [0.1, 0.15) is 19.5 Å². The van der Waals surface area contributed by atoms with E-state index < -0.39 is 0 Å². The predicted molar refractivity (Wildman–Crippen MR) is 103 cm³/mol. The zero-order valence-corrected chi connectivity index (χ0v) is 15.8. The minimum Gasteiger partial charge on any atom is -0.492 e. The highest BCUT2D eigenvalue weighted by atomic mass is 16.5. The third-order valence-corrected chi connectivity index (χ3v) is 4.75. The molecule has 0 aliphatic carbocycles. The van der Waals surface area contributed by atoms with Gasteiger partial charge in [0.2, 0.25) is 5.78 Å². The summed E-state index contributed by atoms with van der Waals surface area (Å²) in [5, 5.41) is 0. The van der Waals surface area contributed by atoms with Gasteiger partial charge in [0.15, 0.2) is 11.2 Å². The van der Waals surface area contributed by atoms with Crippen LogP contribution in [0.5, 0.6) is 5.75 Å². The normalized spacial score (nSPS) is 11.6. The van der Waals surface area contributed by atoms with Gasteiger partial charge in [-0.15, -0.1) is 0 Å². The maximum atomic E-state index is 12.9. The molecule has 0 fully saturated rings. The van der Waals surface area contributed by atoms with E-state index in [1.54, 1.807) is 18.4 Å². The first-order chi connectivity index (χ1) is 13.0. The van der Waals surface area contributed by atoms with E-state index >= 15 is 0 Å². The van der Waals surface area contributed by atoms with E-state index in [1.807, 2.05) is 48.9 Å². The van der Waals surface area contributed by atoms with Gasteiger partial charge in [-0.05, 0) is 32.9 Å². The largest absolute Gasteiger partial charge is 0.492 e. The summed E-state index contributed by atoms with van der Waals surface area (Å²) in [6.45, 7) is 6.51. The number of aromatic nitrogens is 5. The van der Waals surface area contributed by atoms with E-state index in [1.165, 1.54) is 9.13 Å². The summed E-state index contributed by atoms with van der Waals surface area (Å²) in [5.74, 6) is 1.30. The standard InChI is InChI=1S/C19H21N5O3/c1-5-22-17(25)15-16(21(4)19(22)26)20-18-23(15)11-12(3)24(18)13-9-7-8-10-14(13)27-6-2/h7-11H,5-6H2,1-4H3. The van der Waals surface area contributed by atoms with Crippen LogP contribution in [0.4, 0.5) is 0 Å². The quantitative estimate of drug-likeness (QED) is 0.552. The van der Waals surface area contributed by atoms with Crippen LogP contribution in [0.15, 0.2) is 40.1 Å². The Balaban J connectivity index is 2.15. The van der Waals surface area contributed by atoms with Gasteiger partial charge in [0.1, 0.15) is 5.75 Å². The van der Waals surface area contributed by atoms with Crippen molar-refractivity contribution >= 4 is 16.9 Å². The number of ether oxygens (including phenoxy) is 1. The van der Waals surface area contributed by atoms with Gasteiger partial charge in [-0.25, -0.2) is 4.79 Å². The van der Waals surface area contributed by atoms with E-state index in [4.69, 9.17) is 4.74 Å². The van der Waals surface area contributed by atoms with Crippen LogP contribution in [-0.4, -0.2) is 29.7 Å². The number of imidazole rings is 2. The van der Waals surface area contributed by atoms with Crippen molar-refractivity contribution < 1.29 is 4.74 Å². The molecule has 8 nitrogen and oxygen atoms in total. The highest BCUT2D eigenvalue weighted by Crippen LogP contribution is 2.27. The zero-order valence-electron chi connectivity index (χ0n) is 15.8. The minimum atomic E-state index is -0.367. The van der Waals surface area contributed by atoms with Crippen LogP contribution in [0.3, 0.4) is 0 Å². The highest BCUT2D eigenvalue weighted by Gasteiger charge is 2.21. The van der Waals surface area contributed by atoms with E-state index in [0.29, 0.717) is 30.1 Å². The lowest BCUT2D eigenvalue weighted by atomic mass is 10.3. The summed E-state index contributed by atoms with van der Waals surface area (Å²) in [7, 11) is 1.63. The summed E-state index contributed by atoms with van der Waals surface area (Å²) in [6.07, 6.45) is 1.86. The molecule has 4 aromatic rings. The van der Waals surface area contributed by atoms with Crippen molar-refractivity contribution in [3.63, 3.8) is 0 Å².